The molecule has 5 nitrogen and oxygen atoms in total. The lowest BCUT2D eigenvalue weighted by Crippen LogP contribution is -2.20. The number of carbonyl (C=O) groups is 1. The summed E-state index contributed by atoms with van der Waals surface area (Å²) in [6, 6.07) is 0. The molecule has 0 aromatic carbocycles. The molecule has 15 heavy (non-hydrogen) atoms. The molecule has 2 N–H and O–H groups in total. The smallest absolute Gasteiger partial charge is 0.306 e. The number of rotatable bonds is 2. The van der Waals surface area contributed by atoms with Gasteiger partial charge in [-0.05, 0) is 37.9 Å². The minimum absolute atomic E-state index is 0.205. The van der Waals surface area contributed by atoms with E-state index in [0.29, 0.717) is 18.7 Å². The third-order valence-corrected chi connectivity index (χ3v) is 3.05. The summed E-state index contributed by atoms with van der Waals surface area (Å²) in [5.41, 5.74) is 0. The predicted octanol–water partition coefficient (Wildman–Crippen LogP) is 2.09. The molecule has 2 rings (SSSR count). The lowest BCUT2D eigenvalue weighted by molar-refractivity contribution is -0.142. The number of H-pyrrole nitrogens is 1. The Kier molecular flexibility index (Phi) is 2.86. The molecule has 0 saturated heterocycles. The van der Waals surface area contributed by atoms with Gasteiger partial charge in [0.2, 0.25) is 5.89 Å². The van der Waals surface area contributed by atoms with Gasteiger partial charge in [0.1, 0.15) is 0 Å². The fraction of sp³-hybridized carbons (Fsp3) is 0.667. The van der Waals surface area contributed by atoms with E-state index < -0.39 is 5.97 Å². The van der Waals surface area contributed by atoms with Crippen molar-refractivity contribution in [3.05, 3.63) is 10.7 Å². The average Bonchev–Trinajstić information content (AvgIpc) is 2.65. The summed E-state index contributed by atoms with van der Waals surface area (Å²) in [5, 5.41) is 15.4. The van der Waals surface area contributed by atoms with Gasteiger partial charge in [-0.2, -0.15) is 0 Å². The van der Waals surface area contributed by atoms with Gasteiger partial charge in [-0.1, -0.05) is 0 Å². The van der Waals surface area contributed by atoms with Crippen LogP contribution in [0, 0.1) is 10.8 Å². The second kappa shape index (κ2) is 4.14. The first kappa shape index (κ1) is 10.4. The van der Waals surface area contributed by atoms with Crippen LogP contribution >= 0.6 is 12.2 Å². The summed E-state index contributed by atoms with van der Waals surface area (Å²) >= 11 is 4.79. The van der Waals surface area contributed by atoms with Crippen LogP contribution in [-0.2, 0) is 4.79 Å². The highest BCUT2D eigenvalue weighted by Gasteiger charge is 2.28. The zero-order valence-corrected chi connectivity index (χ0v) is 8.92. The molecule has 1 heterocycles. The zero-order chi connectivity index (χ0) is 10.8. The summed E-state index contributed by atoms with van der Waals surface area (Å²) in [5.74, 6) is -0.0723. The molecular weight excluding hydrogens is 216 g/mol. The third kappa shape index (κ3) is 2.26. The summed E-state index contributed by atoms with van der Waals surface area (Å²) < 4.78 is 5.22. The van der Waals surface area contributed by atoms with Crippen molar-refractivity contribution in [1.29, 1.82) is 0 Å². The van der Waals surface area contributed by atoms with Gasteiger partial charge in [0, 0.05) is 5.92 Å². The van der Waals surface area contributed by atoms with Crippen molar-refractivity contribution in [3.63, 3.8) is 0 Å². The molecule has 1 saturated carbocycles. The number of carboxylic acid groups (broad SMARTS) is 1. The summed E-state index contributed by atoms with van der Waals surface area (Å²) in [4.78, 5) is 11.0. The number of aromatic nitrogens is 2. The molecule has 1 fully saturated rings. The predicted molar refractivity (Wildman–Crippen MR) is 54.0 cm³/mol. The SMILES string of the molecule is O=C(O)C1CCC(c2n[nH]c(=S)o2)CC1. The normalized spacial score (nSPS) is 26.4. The van der Waals surface area contributed by atoms with Gasteiger partial charge in [0.05, 0.1) is 5.92 Å². The Balaban J connectivity index is 1.99. The monoisotopic (exact) mass is 228 g/mol. The van der Waals surface area contributed by atoms with E-state index in [1.54, 1.807) is 0 Å². The Morgan fingerprint density at radius 3 is 2.60 bits per heavy atom. The van der Waals surface area contributed by atoms with Crippen LogP contribution in [0.4, 0.5) is 0 Å². The van der Waals surface area contributed by atoms with Crippen LogP contribution in [-0.4, -0.2) is 21.3 Å². The van der Waals surface area contributed by atoms with Crippen molar-refractivity contribution >= 4 is 18.2 Å². The molecule has 0 amide bonds. The van der Waals surface area contributed by atoms with Crippen LogP contribution in [0.3, 0.4) is 0 Å². The van der Waals surface area contributed by atoms with E-state index in [-0.39, 0.29) is 16.7 Å². The molecule has 0 unspecified atom stereocenters. The molecule has 0 atom stereocenters. The van der Waals surface area contributed by atoms with Gasteiger partial charge in [0.25, 0.3) is 4.84 Å². The van der Waals surface area contributed by atoms with Gasteiger partial charge < -0.3 is 9.52 Å². The van der Waals surface area contributed by atoms with E-state index in [2.05, 4.69) is 10.2 Å². The van der Waals surface area contributed by atoms with Gasteiger partial charge >= 0.3 is 5.97 Å². The molecule has 82 valence electrons. The molecule has 0 aliphatic heterocycles. The van der Waals surface area contributed by atoms with Gasteiger partial charge in [-0.25, -0.2) is 5.10 Å². The highest BCUT2D eigenvalue weighted by Crippen LogP contribution is 2.34. The highest BCUT2D eigenvalue weighted by molar-refractivity contribution is 7.71. The van der Waals surface area contributed by atoms with Crippen molar-refractivity contribution < 1.29 is 14.3 Å². The Labute approximate surface area is 91.5 Å². The number of nitrogens with one attached hydrogen (secondary N) is 1. The zero-order valence-electron chi connectivity index (χ0n) is 8.10. The Bertz CT molecular complexity index is 403. The standard InChI is InChI=1S/C9H12N2O3S/c12-8(13)6-3-1-5(2-4-6)7-10-11-9(15)14-7/h5-6H,1-4H2,(H,11,15)(H,12,13). The molecule has 0 radical (unpaired) electrons. The Hall–Kier alpha value is -1.17. The fourth-order valence-electron chi connectivity index (χ4n) is 2.00. The summed E-state index contributed by atoms with van der Waals surface area (Å²) in [6.45, 7) is 0. The average molecular weight is 228 g/mol. The van der Waals surface area contributed by atoms with Crippen LogP contribution in [0.2, 0.25) is 0 Å². The lowest BCUT2D eigenvalue weighted by atomic mass is 9.82. The van der Waals surface area contributed by atoms with E-state index in [9.17, 15) is 4.79 Å². The van der Waals surface area contributed by atoms with E-state index >= 15 is 0 Å². The molecule has 1 aromatic rings. The number of hydrogen-bond acceptors (Lipinski definition) is 4. The van der Waals surface area contributed by atoms with Crippen molar-refractivity contribution in [2.75, 3.05) is 0 Å². The lowest BCUT2D eigenvalue weighted by Gasteiger charge is -2.23. The summed E-state index contributed by atoms with van der Waals surface area (Å²) in [6.07, 6.45) is 2.99. The highest BCUT2D eigenvalue weighted by atomic mass is 32.1. The van der Waals surface area contributed by atoms with Crippen molar-refractivity contribution in [3.8, 4) is 0 Å². The maximum Gasteiger partial charge on any atom is 0.306 e. The van der Waals surface area contributed by atoms with E-state index in [1.807, 2.05) is 0 Å². The van der Waals surface area contributed by atoms with Crippen molar-refractivity contribution in [2.45, 2.75) is 31.6 Å². The topological polar surface area (TPSA) is 79.1 Å². The summed E-state index contributed by atoms with van der Waals surface area (Å²) in [7, 11) is 0. The number of hydrogen-bond donors (Lipinski definition) is 2. The van der Waals surface area contributed by atoms with Crippen LogP contribution in [0.5, 0.6) is 0 Å². The number of aliphatic carboxylic acids is 1. The minimum atomic E-state index is -0.698. The van der Waals surface area contributed by atoms with Crippen LogP contribution in [0.15, 0.2) is 4.42 Å². The molecular formula is C9H12N2O3S. The van der Waals surface area contributed by atoms with Gasteiger partial charge in [0.15, 0.2) is 0 Å². The van der Waals surface area contributed by atoms with Gasteiger partial charge in [-0.15, -0.1) is 5.10 Å². The van der Waals surface area contributed by atoms with Crippen LogP contribution in [0.25, 0.3) is 0 Å². The molecule has 0 spiro atoms. The Morgan fingerprint density at radius 1 is 1.47 bits per heavy atom. The molecule has 1 aliphatic carbocycles. The third-order valence-electron chi connectivity index (χ3n) is 2.88. The first-order chi connectivity index (χ1) is 7.16. The molecule has 1 aliphatic rings. The van der Waals surface area contributed by atoms with Crippen molar-refractivity contribution in [1.82, 2.24) is 10.2 Å². The van der Waals surface area contributed by atoms with Gasteiger partial charge in [-0.3, -0.25) is 4.79 Å². The molecule has 6 heteroatoms. The second-order valence-electron chi connectivity index (χ2n) is 3.84. The number of aromatic amines is 1. The second-order valence-corrected chi connectivity index (χ2v) is 4.21. The fourth-order valence-corrected chi connectivity index (χ4v) is 2.13. The minimum Gasteiger partial charge on any atom is -0.481 e. The first-order valence-corrected chi connectivity index (χ1v) is 5.36. The Morgan fingerprint density at radius 2 is 2.13 bits per heavy atom. The quantitative estimate of drug-likeness (QED) is 0.758. The first-order valence-electron chi connectivity index (χ1n) is 4.95. The van der Waals surface area contributed by atoms with E-state index in [1.165, 1.54) is 0 Å². The maximum absolute atomic E-state index is 10.7. The van der Waals surface area contributed by atoms with Crippen LogP contribution in [0.1, 0.15) is 37.5 Å². The number of nitrogens with zero attached hydrogens (tertiary/aromatic N) is 1. The number of carboxylic acids is 1. The van der Waals surface area contributed by atoms with E-state index in [4.69, 9.17) is 21.7 Å². The molecule has 1 aromatic heterocycles. The largest absolute Gasteiger partial charge is 0.481 e. The maximum atomic E-state index is 10.7. The molecule has 0 bridgehead atoms. The van der Waals surface area contributed by atoms with Crippen molar-refractivity contribution in [2.24, 2.45) is 5.92 Å². The van der Waals surface area contributed by atoms with Crippen LogP contribution < -0.4 is 0 Å². The van der Waals surface area contributed by atoms with E-state index in [0.717, 1.165) is 12.8 Å².